The zero-order chi connectivity index (χ0) is 18.5. The number of methoxy groups -OCH3 is 1. The van der Waals surface area contributed by atoms with Crippen LogP contribution in [0.5, 0.6) is 5.75 Å². The van der Waals surface area contributed by atoms with Crippen molar-refractivity contribution < 1.29 is 19.1 Å². The first-order valence-electron chi connectivity index (χ1n) is 9.27. The summed E-state index contributed by atoms with van der Waals surface area (Å²) >= 11 is 0. The molecule has 0 aliphatic carbocycles. The SMILES string of the molecule is CCC(=O)Oc1c(CCC2CCNCC2)n(C(=O)OC)c2ccccc12. The number of rotatable bonds is 5. The Morgan fingerprint density at radius 2 is 1.96 bits per heavy atom. The number of aromatic nitrogens is 1. The summed E-state index contributed by atoms with van der Waals surface area (Å²) in [5, 5.41) is 4.13. The van der Waals surface area contributed by atoms with Crippen LogP contribution in [-0.4, -0.2) is 36.8 Å². The Bertz CT molecular complexity index is 790. The van der Waals surface area contributed by atoms with Gasteiger partial charge in [0.15, 0.2) is 5.75 Å². The predicted molar refractivity (Wildman–Crippen MR) is 99.6 cm³/mol. The number of piperidine rings is 1. The molecule has 1 aliphatic rings. The van der Waals surface area contributed by atoms with E-state index < -0.39 is 6.09 Å². The van der Waals surface area contributed by atoms with E-state index in [0.717, 1.165) is 43.4 Å². The topological polar surface area (TPSA) is 69.6 Å². The third-order valence-corrected chi connectivity index (χ3v) is 5.03. The Hall–Kier alpha value is -2.34. The Morgan fingerprint density at radius 1 is 1.23 bits per heavy atom. The Kier molecular flexibility index (Phi) is 5.93. The second-order valence-electron chi connectivity index (χ2n) is 6.66. The van der Waals surface area contributed by atoms with Crippen LogP contribution in [0.2, 0.25) is 0 Å². The Balaban J connectivity index is 2.02. The largest absolute Gasteiger partial charge is 0.452 e. The van der Waals surface area contributed by atoms with Crippen molar-refractivity contribution in [2.75, 3.05) is 20.2 Å². The number of para-hydroxylation sites is 1. The molecule has 1 N–H and O–H groups in total. The molecule has 0 unspecified atom stereocenters. The average Bonchev–Trinajstić information content (AvgIpc) is 3.00. The first-order chi connectivity index (χ1) is 12.7. The molecule has 1 fully saturated rings. The van der Waals surface area contributed by atoms with Crippen LogP contribution in [0.25, 0.3) is 10.9 Å². The molecular weight excluding hydrogens is 332 g/mol. The number of hydrogen-bond acceptors (Lipinski definition) is 5. The van der Waals surface area contributed by atoms with E-state index in [-0.39, 0.29) is 12.4 Å². The Morgan fingerprint density at radius 3 is 2.65 bits per heavy atom. The minimum absolute atomic E-state index is 0.283. The molecular formula is C20H26N2O4. The maximum Gasteiger partial charge on any atom is 0.418 e. The summed E-state index contributed by atoms with van der Waals surface area (Å²) in [6.45, 7) is 3.82. The van der Waals surface area contributed by atoms with Gasteiger partial charge in [-0.15, -0.1) is 0 Å². The molecule has 2 heterocycles. The fourth-order valence-electron chi connectivity index (χ4n) is 3.60. The maximum atomic E-state index is 12.5. The molecule has 1 aliphatic heterocycles. The number of carbonyl (C=O) groups excluding carboxylic acids is 2. The van der Waals surface area contributed by atoms with E-state index in [1.54, 1.807) is 11.5 Å². The highest BCUT2D eigenvalue weighted by atomic mass is 16.5. The fraction of sp³-hybridized carbons (Fsp3) is 0.500. The van der Waals surface area contributed by atoms with Crippen LogP contribution in [0.15, 0.2) is 24.3 Å². The first kappa shape index (κ1) is 18.5. The van der Waals surface area contributed by atoms with Crippen LogP contribution in [0.1, 0.15) is 38.3 Å². The van der Waals surface area contributed by atoms with Gasteiger partial charge in [-0.3, -0.25) is 4.79 Å². The van der Waals surface area contributed by atoms with Crippen molar-refractivity contribution in [2.45, 2.75) is 39.0 Å². The van der Waals surface area contributed by atoms with Crippen molar-refractivity contribution in [3.05, 3.63) is 30.0 Å². The summed E-state index contributed by atoms with van der Waals surface area (Å²) in [5.74, 6) is 0.794. The van der Waals surface area contributed by atoms with E-state index in [9.17, 15) is 9.59 Å². The molecule has 0 saturated carbocycles. The third kappa shape index (κ3) is 3.75. The van der Waals surface area contributed by atoms with Gasteiger partial charge < -0.3 is 14.8 Å². The van der Waals surface area contributed by atoms with Crippen molar-refractivity contribution in [2.24, 2.45) is 5.92 Å². The van der Waals surface area contributed by atoms with Crippen LogP contribution >= 0.6 is 0 Å². The molecule has 0 atom stereocenters. The summed E-state index contributed by atoms with van der Waals surface area (Å²) in [6, 6.07) is 7.47. The van der Waals surface area contributed by atoms with Gasteiger partial charge >= 0.3 is 12.1 Å². The van der Waals surface area contributed by atoms with Gasteiger partial charge in [-0.1, -0.05) is 19.1 Å². The minimum atomic E-state index is -0.458. The number of hydrogen-bond donors (Lipinski definition) is 1. The standard InChI is InChI=1S/C20H26N2O4/c1-3-18(23)26-19-15-6-4-5-7-16(15)22(20(24)25-2)17(19)9-8-14-10-12-21-13-11-14/h4-7,14,21H,3,8-13H2,1-2H3. The van der Waals surface area contributed by atoms with Crippen molar-refractivity contribution in [1.29, 1.82) is 0 Å². The third-order valence-electron chi connectivity index (χ3n) is 5.03. The van der Waals surface area contributed by atoms with E-state index in [2.05, 4.69) is 5.32 Å². The minimum Gasteiger partial charge on any atom is -0.452 e. The maximum absolute atomic E-state index is 12.5. The van der Waals surface area contributed by atoms with Crippen molar-refractivity contribution in [3.8, 4) is 5.75 Å². The Labute approximate surface area is 153 Å². The van der Waals surface area contributed by atoms with Gasteiger partial charge in [0.05, 0.1) is 18.3 Å². The fourth-order valence-corrected chi connectivity index (χ4v) is 3.60. The summed E-state index contributed by atoms with van der Waals surface area (Å²) in [6.07, 6.45) is 3.70. The number of esters is 1. The van der Waals surface area contributed by atoms with E-state index in [1.807, 2.05) is 24.3 Å². The molecule has 1 saturated heterocycles. The molecule has 0 bridgehead atoms. The normalized spacial score (nSPS) is 15.2. The lowest BCUT2D eigenvalue weighted by Crippen LogP contribution is -2.28. The van der Waals surface area contributed by atoms with Gasteiger partial charge in [-0.2, -0.15) is 0 Å². The molecule has 0 amide bonds. The lowest BCUT2D eigenvalue weighted by molar-refractivity contribution is -0.133. The van der Waals surface area contributed by atoms with Crippen LogP contribution in [0, 0.1) is 5.92 Å². The summed E-state index contributed by atoms with van der Waals surface area (Å²) in [7, 11) is 1.37. The number of ether oxygens (including phenoxy) is 2. The van der Waals surface area contributed by atoms with E-state index in [1.165, 1.54) is 7.11 Å². The lowest BCUT2D eigenvalue weighted by Gasteiger charge is -2.22. The van der Waals surface area contributed by atoms with Gasteiger partial charge in [0.1, 0.15) is 0 Å². The molecule has 6 heteroatoms. The van der Waals surface area contributed by atoms with Crippen LogP contribution in [-0.2, 0) is 16.0 Å². The lowest BCUT2D eigenvalue weighted by atomic mass is 9.92. The molecule has 140 valence electrons. The molecule has 6 nitrogen and oxygen atoms in total. The van der Waals surface area contributed by atoms with Gasteiger partial charge in [0.2, 0.25) is 0 Å². The molecule has 3 rings (SSSR count). The van der Waals surface area contributed by atoms with E-state index >= 15 is 0 Å². The van der Waals surface area contributed by atoms with Crippen molar-refractivity contribution in [3.63, 3.8) is 0 Å². The zero-order valence-corrected chi connectivity index (χ0v) is 15.4. The van der Waals surface area contributed by atoms with Gasteiger partial charge in [0, 0.05) is 11.8 Å². The smallest absolute Gasteiger partial charge is 0.418 e. The summed E-state index contributed by atoms with van der Waals surface area (Å²) in [4.78, 5) is 24.4. The number of nitrogens with one attached hydrogen (secondary N) is 1. The van der Waals surface area contributed by atoms with Crippen LogP contribution in [0.3, 0.4) is 0 Å². The van der Waals surface area contributed by atoms with Crippen molar-refractivity contribution >= 4 is 23.0 Å². The number of fused-ring (bicyclic) bond motifs is 1. The second-order valence-corrected chi connectivity index (χ2v) is 6.66. The molecule has 26 heavy (non-hydrogen) atoms. The molecule has 1 aromatic heterocycles. The zero-order valence-electron chi connectivity index (χ0n) is 15.4. The van der Waals surface area contributed by atoms with Gasteiger partial charge in [-0.25, -0.2) is 9.36 Å². The van der Waals surface area contributed by atoms with Crippen LogP contribution < -0.4 is 10.1 Å². The van der Waals surface area contributed by atoms with E-state index in [0.29, 0.717) is 23.6 Å². The van der Waals surface area contributed by atoms with Gasteiger partial charge in [-0.05, 0) is 56.8 Å². The number of carbonyl (C=O) groups is 2. The van der Waals surface area contributed by atoms with E-state index in [4.69, 9.17) is 9.47 Å². The molecule has 2 aromatic rings. The number of benzene rings is 1. The summed E-state index contributed by atoms with van der Waals surface area (Å²) in [5.41, 5.74) is 1.43. The highest BCUT2D eigenvalue weighted by Gasteiger charge is 2.25. The highest BCUT2D eigenvalue weighted by Crippen LogP contribution is 2.35. The molecule has 0 spiro atoms. The second kappa shape index (κ2) is 8.36. The first-order valence-corrected chi connectivity index (χ1v) is 9.27. The van der Waals surface area contributed by atoms with Crippen molar-refractivity contribution in [1.82, 2.24) is 9.88 Å². The molecule has 0 radical (unpaired) electrons. The average molecular weight is 358 g/mol. The highest BCUT2D eigenvalue weighted by molar-refractivity contribution is 5.97. The number of nitrogens with zero attached hydrogens (tertiary/aromatic N) is 1. The molecule has 1 aromatic carbocycles. The monoisotopic (exact) mass is 358 g/mol. The predicted octanol–water partition coefficient (Wildman–Crippen LogP) is 3.50. The summed E-state index contributed by atoms with van der Waals surface area (Å²) < 4.78 is 12.2. The van der Waals surface area contributed by atoms with Gasteiger partial charge in [0.25, 0.3) is 0 Å². The quantitative estimate of drug-likeness (QED) is 0.829. The van der Waals surface area contributed by atoms with Crippen LogP contribution in [0.4, 0.5) is 4.79 Å².